The number of aromatic nitrogens is 1. The zero-order valence-corrected chi connectivity index (χ0v) is 22.5. The molecule has 0 atom stereocenters. The number of amides is 1. The Morgan fingerprint density at radius 3 is 2.59 bits per heavy atom. The molecule has 39 heavy (non-hydrogen) atoms. The van der Waals surface area contributed by atoms with Crippen molar-refractivity contribution in [3.05, 3.63) is 46.6 Å². The number of carbonyl (C=O) groups is 1. The number of nitrogens with one attached hydrogen (secondary N) is 2. The number of hydrogen-bond acceptors (Lipinski definition) is 9. The number of nitrogens with zero attached hydrogens (tertiary/aromatic N) is 2. The Morgan fingerprint density at radius 2 is 1.92 bits per heavy atom. The molecule has 0 radical (unpaired) electrons. The standard InChI is InChI=1S/C23H28ClF3N4O7S/c1-35-10-11-36-18-5-4-16(20(13-18)38-21-19(24)12-17(14-28-21)23(25,26)27)15-37-22(32)30-39(33,34)29-6-9-31-7-2-3-8-31/h4-5,12-14,29H,2-3,6-11,15H2,1H3,(H,30,32). The molecule has 216 valence electrons. The third kappa shape index (κ3) is 10.0. The fourth-order valence-electron chi connectivity index (χ4n) is 3.50. The second-order valence-electron chi connectivity index (χ2n) is 8.35. The molecule has 1 saturated heterocycles. The normalized spacial score (nSPS) is 14.3. The van der Waals surface area contributed by atoms with Gasteiger partial charge in [-0.25, -0.2) is 14.5 Å². The lowest BCUT2D eigenvalue weighted by molar-refractivity contribution is -0.137. The summed E-state index contributed by atoms with van der Waals surface area (Å²) in [5.74, 6) is -0.0317. The Balaban J connectivity index is 1.66. The van der Waals surface area contributed by atoms with Gasteiger partial charge in [-0.2, -0.15) is 26.3 Å². The highest BCUT2D eigenvalue weighted by Gasteiger charge is 2.32. The highest BCUT2D eigenvalue weighted by atomic mass is 35.5. The van der Waals surface area contributed by atoms with Crippen LogP contribution in [0.25, 0.3) is 0 Å². The summed E-state index contributed by atoms with van der Waals surface area (Å²) < 4.78 is 88.3. The van der Waals surface area contributed by atoms with Crippen molar-refractivity contribution in [2.45, 2.75) is 25.6 Å². The van der Waals surface area contributed by atoms with Crippen LogP contribution in [-0.4, -0.2) is 70.9 Å². The van der Waals surface area contributed by atoms with Crippen LogP contribution in [0.2, 0.25) is 5.02 Å². The molecule has 0 unspecified atom stereocenters. The molecule has 0 aliphatic carbocycles. The minimum Gasteiger partial charge on any atom is -0.491 e. The summed E-state index contributed by atoms with van der Waals surface area (Å²) in [6.07, 6.45) is -3.22. The number of carbonyl (C=O) groups excluding carboxylic acids is 1. The van der Waals surface area contributed by atoms with E-state index in [9.17, 15) is 26.4 Å². The molecule has 0 spiro atoms. The topological polar surface area (TPSA) is 128 Å². The van der Waals surface area contributed by atoms with Crippen molar-refractivity contribution in [3.8, 4) is 17.4 Å². The van der Waals surface area contributed by atoms with Gasteiger partial charge in [-0.15, -0.1) is 0 Å². The maximum absolute atomic E-state index is 13.0. The third-order valence-corrected chi connectivity index (χ3v) is 6.72. The number of hydrogen-bond donors (Lipinski definition) is 2. The average Bonchev–Trinajstić information content (AvgIpc) is 3.37. The Bertz CT molecular complexity index is 1230. The van der Waals surface area contributed by atoms with Crippen LogP contribution in [0, 0.1) is 0 Å². The van der Waals surface area contributed by atoms with Gasteiger partial charge < -0.3 is 23.8 Å². The first-order valence-corrected chi connectivity index (χ1v) is 13.6. The van der Waals surface area contributed by atoms with Gasteiger partial charge in [0.15, 0.2) is 0 Å². The maximum atomic E-state index is 13.0. The molecular formula is C23H28ClF3N4O7S. The quantitative estimate of drug-likeness (QED) is 0.332. The smallest absolute Gasteiger partial charge is 0.422 e. The Hall–Kier alpha value is -2.85. The number of rotatable bonds is 13. The van der Waals surface area contributed by atoms with Crippen LogP contribution in [0.3, 0.4) is 0 Å². The van der Waals surface area contributed by atoms with Gasteiger partial charge in [-0.05, 0) is 44.1 Å². The van der Waals surface area contributed by atoms with Crippen molar-refractivity contribution in [1.29, 1.82) is 0 Å². The number of benzene rings is 1. The summed E-state index contributed by atoms with van der Waals surface area (Å²) in [5.41, 5.74) is -0.839. The summed E-state index contributed by atoms with van der Waals surface area (Å²) in [6.45, 7) is 2.43. The molecule has 2 N–H and O–H groups in total. The summed E-state index contributed by atoms with van der Waals surface area (Å²) in [7, 11) is -2.67. The van der Waals surface area contributed by atoms with Crippen molar-refractivity contribution in [1.82, 2.24) is 19.3 Å². The van der Waals surface area contributed by atoms with E-state index in [1.54, 1.807) is 4.72 Å². The van der Waals surface area contributed by atoms with Gasteiger partial charge in [0.1, 0.15) is 29.7 Å². The fraction of sp³-hybridized carbons (Fsp3) is 0.478. The van der Waals surface area contributed by atoms with E-state index in [1.165, 1.54) is 25.3 Å². The van der Waals surface area contributed by atoms with E-state index in [0.717, 1.165) is 25.9 Å². The van der Waals surface area contributed by atoms with Crippen LogP contribution in [-0.2, 0) is 32.5 Å². The molecule has 0 saturated carbocycles. The lowest BCUT2D eigenvalue weighted by atomic mass is 10.2. The van der Waals surface area contributed by atoms with Gasteiger partial charge in [-0.3, -0.25) is 0 Å². The van der Waals surface area contributed by atoms with E-state index >= 15 is 0 Å². The number of likely N-dealkylation sites (tertiary alicyclic amines) is 1. The molecule has 3 rings (SSSR count). The number of ether oxygens (including phenoxy) is 4. The van der Waals surface area contributed by atoms with Crippen LogP contribution in [0.5, 0.6) is 17.4 Å². The van der Waals surface area contributed by atoms with Crippen molar-refractivity contribution < 1.29 is 45.3 Å². The first-order valence-electron chi connectivity index (χ1n) is 11.8. The van der Waals surface area contributed by atoms with Gasteiger partial charge in [0.2, 0.25) is 5.88 Å². The first kappa shape index (κ1) is 30.7. The largest absolute Gasteiger partial charge is 0.491 e. The number of pyridine rings is 1. The molecule has 2 aromatic rings. The van der Waals surface area contributed by atoms with Crippen molar-refractivity contribution in [2.24, 2.45) is 0 Å². The molecule has 1 aliphatic heterocycles. The SMILES string of the molecule is COCCOc1ccc(COC(=O)NS(=O)(=O)NCCN2CCCC2)c(Oc2ncc(C(F)(F)F)cc2Cl)c1. The van der Waals surface area contributed by atoms with Gasteiger partial charge >= 0.3 is 22.5 Å². The summed E-state index contributed by atoms with van der Waals surface area (Å²) in [5, 5.41) is -0.411. The molecule has 1 amide bonds. The highest BCUT2D eigenvalue weighted by molar-refractivity contribution is 7.88. The molecule has 1 aromatic carbocycles. The van der Waals surface area contributed by atoms with E-state index in [4.69, 9.17) is 30.5 Å². The monoisotopic (exact) mass is 596 g/mol. The van der Waals surface area contributed by atoms with Crippen LogP contribution < -0.4 is 18.9 Å². The number of halogens is 4. The van der Waals surface area contributed by atoms with Crippen molar-refractivity contribution >= 4 is 27.9 Å². The van der Waals surface area contributed by atoms with E-state index in [1.807, 2.05) is 0 Å². The second kappa shape index (κ2) is 14.0. The Labute approximate surface area is 228 Å². The van der Waals surface area contributed by atoms with Crippen LogP contribution in [0.1, 0.15) is 24.0 Å². The van der Waals surface area contributed by atoms with Gasteiger partial charge in [0.25, 0.3) is 0 Å². The zero-order chi connectivity index (χ0) is 28.5. The van der Waals surface area contributed by atoms with Gasteiger partial charge in [0.05, 0.1) is 12.2 Å². The summed E-state index contributed by atoms with van der Waals surface area (Å²) >= 11 is 5.96. The predicted octanol–water partition coefficient (Wildman–Crippen LogP) is 3.73. The Kier molecular flexibility index (Phi) is 11.0. The van der Waals surface area contributed by atoms with Crippen molar-refractivity contribution in [2.75, 3.05) is 46.5 Å². The maximum Gasteiger partial charge on any atom is 0.422 e. The molecular weight excluding hydrogens is 569 g/mol. The molecule has 0 bridgehead atoms. The van der Waals surface area contributed by atoms with E-state index in [0.29, 0.717) is 24.6 Å². The molecule has 11 nitrogen and oxygen atoms in total. The summed E-state index contributed by atoms with van der Waals surface area (Å²) in [4.78, 5) is 17.9. The van der Waals surface area contributed by atoms with Crippen LogP contribution in [0.4, 0.5) is 18.0 Å². The van der Waals surface area contributed by atoms with Gasteiger partial charge in [0, 0.05) is 38.0 Å². The van der Waals surface area contributed by atoms with E-state index in [-0.39, 0.29) is 37.0 Å². The van der Waals surface area contributed by atoms with Crippen molar-refractivity contribution in [3.63, 3.8) is 0 Å². The van der Waals surface area contributed by atoms with Crippen LogP contribution in [0.15, 0.2) is 30.5 Å². The molecule has 1 fully saturated rings. The number of methoxy groups -OCH3 is 1. The van der Waals surface area contributed by atoms with Crippen LogP contribution >= 0.6 is 11.6 Å². The molecule has 1 aromatic heterocycles. The minimum atomic E-state index is -4.65. The highest BCUT2D eigenvalue weighted by Crippen LogP contribution is 2.36. The molecule has 1 aliphatic rings. The molecule has 16 heteroatoms. The van der Waals surface area contributed by atoms with Gasteiger partial charge in [-0.1, -0.05) is 11.6 Å². The summed E-state index contributed by atoms with van der Waals surface area (Å²) in [6, 6.07) is 5.04. The third-order valence-electron chi connectivity index (χ3n) is 5.43. The average molecular weight is 597 g/mol. The van der Waals surface area contributed by atoms with E-state index in [2.05, 4.69) is 14.6 Å². The second-order valence-corrected chi connectivity index (χ2v) is 10.3. The zero-order valence-electron chi connectivity index (χ0n) is 20.9. The minimum absolute atomic E-state index is 0.00142. The fourth-order valence-corrected chi connectivity index (χ4v) is 4.42. The lowest BCUT2D eigenvalue weighted by Gasteiger charge is -2.16. The molecule has 2 heterocycles. The lowest BCUT2D eigenvalue weighted by Crippen LogP contribution is -2.43. The Morgan fingerprint density at radius 1 is 1.18 bits per heavy atom. The predicted molar refractivity (Wildman–Crippen MR) is 134 cm³/mol. The first-order chi connectivity index (χ1) is 18.5. The number of alkyl halides is 3. The van der Waals surface area contributed by atoms with E-state index < -0.39 is 39.7 Å².